The van der Waals surface area contributed by atoms with Crippen LogP contribution < -0.4 is 5.73 Å². The maximum absolute atomic E-state index is 11.6. The third-order valence-corrected chi connectivity index (χ3v) is 2.59. The van der Waals surface area contributed by atoms with Gasteiger partial charge in [-0.15, -0.1) is 12.4 Å². The van der Waals surface area contributed by atoms with Gasteiger partial charge in [-0.1, -0.05) is 12.8 Å². The Morgan fingerprint density at radius 2 is 1.80 bits per heavy atom. The van der Waals surface area contributed by atoms with Crippen LogP contribution in [-0.4, -0.2) is 17.6 Å². The molecule has 0 saturated heterocycles. The van der Waals surface area contributed by atoms with Crippen LogP contribution in [0.25, 0.3) is 0 Å². The molecule has 0 aromatic heterocycles. The van der Waals surface area contributed by atoms with Crippen LogP contribution in [0.5, 0.6) is 0 Å². The molecule has 4 heteroatoms. The van der Waals surface area contributed by atoms with Crippen molar-refractivity contribution < 1.29 is 9.53 Å². The van der Waals surface area contributed by atoms with Crippen LogP contribution in [0.1, 0.15) is 46.5 Å². The molecule has 1 saturated carbocycles. The van der Waals surface area contributed by atoms with Gasteiger partial charge in [0.05, 0.1) is 0 Å². The number of carbonyl (C=O) groups excluding carboxylic acids is 1. The Kier molecular flexibility index (Phi) is 5.60. The predicted molar refractivity (Wildman–Crippen MR) is 63.0 cm³/mol. The van der Waals surface area contributed by atoms with Gasteiger partial charge in [0.15, 0.2) is 0 Å². The third-order valence-electron chi connectivity index (χ3n) is 2.59. The number of halogens is 1. The average Bonchev–Trinajstić information content (AvgIpc) is 2.51. The molecule has 1 fully saturated rings. The van der Waals surface area contributed by atoms with Crippen molar-refractivity contribution in [2.45, 2.75) is 58.1 Å². The highest BCUT2D eigenvalue weighted by molar-refractivity contribution is 5.85. The fraction of sp³-hybridized carbons (Fsp3) is 0.909. The van der Waals surface area contributed by atoms with E-state index in [9.17, 15) is 4.79 Å². The minimum atomic E-state index is -0.423. The fourth-order valence-corrected chi connectivity index (χ4v) is 1.88. The molecular formula is C11H22ClNO2. The SMILES string of the molecule is CC(C)(C)OC(=O)C(N)C1CCCC1.Cl. The second-order valence-corrected chi connectivity index (χ2v) is 5.10. The van der Waals surface area contributed by atoms with Crippen LogP contribution in [0, 0.1) is 5.92 Å². The van der Waals surface area contributed by atoms with E-state index in [1.165, 1.54) is 12.8 Å². The van der Waals surface area contributed by atoms with Crippen LogP contribution >= 0.6 is 12.4 Å². The van der Waals surface area contributed by atoms with Crippen molar-refractivity contribution >= 4 is 18.4 Å². The number of nitrogens with two attached hydrogens (primary N) is 1. The number of rotatable bonds is 2. The first-order chi connectivity index (χ1) is 6.40. The Morgan fingerprint density at radius 3 is 2.20 bits per heavy atom. The molecule has 0 amide bonds. The van der Waals surface area contributed by atoms with E-state index in [1.54, 1.807) is 0 Å². The van der Waals surface area contributed by atoms with Crippen LogP contribution in [0.15, 0.2) is 0 Å². The van der Waals surface area contributed by atoms with Gasteiger partial charge in [-0.2, -0.15) is 0 Å². The lowest BCUT2D eigenvalue weighted by molar-refractivity contribution is -0.157. The second-order valence-electron chi connectivity index (χ2n) is 5.10. The zero-order chi connectivity index (χ0) is 10.8. The lowest BCUT2D eigenvalue weighted by atomic mass is 9.99. The lowest BCUT2D eigenvalue weighted by Gasteiger charge is -2.24. The largest absolute Gasteiger partial charge is 0.459 e. The number of hydrogen-bond donors (Lipinski definition) is 1. The maximum Gasteiger partial charge on any atom is 0.323 e. The molecule has 1 rings (SSSR count). The van der Waals surface area contributed by atoms with E-state index in [2.05, 4.69) is 0 Å². The fourth-order valence-electron chi connectivity index (χ4n) is 1.88. The van der Waals surface area contributed by atoms with Gasteiger partial charge in [-0.25, -0.2) is 0 Å². The van der Waals surface area contributed by atoms with Crippen LogP contribution in [0.2, 0.25) is 0 Å². The minimum Gasteiger partial charge on any atom is -0.459 e. The first-order valence-corrected chi connectivity index (χ1v) is 5.38. The third kappa shape index (κ3) is 4.85. The maximum atomic E-state index is 11.6. The molecule has 0 aliphatic heterocycles. The van der Waals surface area contributed by atoms with Gasteiger partial charge < -0.3 is 10.5 Å². The zero-order valence-electron chi connectivity index (χ0n) is 9.79. The highest BCUT2D eigenvalue weighted by Gasteiger charge is 2.30. The Hall–Kier alpha value is -0.280. The summed E-state index contributed by atoms with van der Waals surface area (Å²) in [7, 11) is 0. The highest BCUT2D eigenvalue weighted by Crippen LogP contribution is 2.27. The van der Waals surface area contributed by atoms with Crippen molar-refractivity contribution in [2.24, 2.45) is 11.7 Å². The molecule has 0 spiro atoms. The Morgan fingerprint density at radius 1 is 1.33 bits per heavy atom. The quantitative estimate of drug-likeness (QED) is 0.747. The molecule has 1 unspecified atom stereocenters. The summed E-state index contributed by atoms with van der Waals surface area (Å²) in [6.45, 7) is 5.60. The molecule has 15 heavy (non-hydrogen) atoms. The topological polar surface area (TPSA) is 52.3 Å². The molecule has 0 aromatic carbocycles. The highest BCUT2D eigenvalue weighted by atomic mass is 35.5. The van der Waals surface area contributed by atoms with Crippen LogP contribution in [0.4, 0.5) is 0 Å². The van der Waals surface area contributed by atoms with E-state index in [-0.39, 0.29) is 18.4 Å². The monoisotopic (exact) mass is 235 g/mol. The molecule has 2 N–H and O–H groups in total. The molecule has 0 radical (unpaired) electrons. The van der Waals surface area contributed by atoms with E-state index in [4.69, 9.17) is 10.5 Å². The standard InChI is InChI=1S/C11H21NO2.ClH/c1-11(2,3)14-10(13)9(12)8-6-4-5-7-8;/h8-9H,4-7,12H2,1-3H3;1H. The summed E-state index contributed by atoms with van der Waals surface area (Å²) < 4.78 is 5.25. The molecular weight excluding hydrogens is 214 g/mol. The zero-order valence-corrected chi connectivity index (χ0v) is 10.6. The summed E-state index contributed by atoms with van der Waals surface area (Å²) in [5, 5.41) is 0. The summed E-state index contributed by atoms with van der Waals surface area (Å²) in [5.41, 5.74) is 5.43. The van der Waals surface area contributed by atoms with Gasteiger partial charge in [0.1, 0.15) is 11.6 Å². The van der Waals surface area contributed by atoms with E-state index in [0.29, 0.717) is 5.92 Å². The Balaban J connectivity index is 0.00000196. The van der Waals surface area contributed by atoms with Crippen molar-refractivity contribution in [1.82, 2.24) is 0 Å². The first-order valence-electron chi connectivity index (χ1n) is 5.38. The van der Waals surface area contributed by atoms with Gasteiger partial charge in [-0.05, 0) is 39.5 Å². The summed E-state index contributed by atoms with van der Waals surface area (Å²) in [4.78, 5) is 11.6. The van der Waals surface area contributed by atoms with Crippen molar-refractivity contribution in [2.75, 3.05) is 0 Å². The van der Waals surface area contributed by atoms with Crippen molar-refractivity contribution in [3.8, 4) is 0 Å². The van der Waals surface area contributed by atoms with E-state index in [0.717, 1.165) is 12.8 Å². The molecule has 0 bridgehead atoms. The Labute approximate surface area is 98.2 Å². The lowest BCUT2D eigenvalue weighted by Crippen LogP contribution is -2.41. The van der Waals surface area contributed by atoms with Crippen molar-refractivity contribution in [3.05, 3.63) is 0 Å². The number of hydrogen-bond acceptors (Lipinski definition) is 3. The summed E-state index contributed by atoms with van der Waals surface area (Å²) in [6.07, 6.45) is 4.53. The molecule has 90 valence electrons. The summed E-state index contributed by atoms with van der Waals surface area (Å²) in [6, 6.07) is -0.420. The second kappa shape index (κ2) is 5.71. The summed E-state index contributed by atoms with van der Waals surface area (Å²) in [5.74, 6) is 0.0919. The first kappa shape index (κ1) is 14.7. The van der Waals surface area contributed by atoms with Crippen molar-refractivity contribution in [1.29, 1.82) is 0 Å². The van der Waals surface area contributed by atoms with Gasteiger partial charge in [0, 0.05) is 0 Å². The minimum absolute atomic E-state index is 0. The number of carbonyl (C=O) groups is 1. The predicted octanol–water partition coefficient (Wildman–Crippen LogP) is 2.27. The van der Waals surface area contributed by atoms with Gasteiger partial charge in [-0.3, -0.25) is 4.79 Å². The van der Waals surface area contributed by atoms with E-state index in [1.807, 2.05) is 20.8 Å². The molecule has 1 aliphatic rings. The molecule has 0 aromatic rings. The van der Waals surface area contributed by atoms with Crippen LogP contribution in [-0.2, 0) is 9.53 Å². The van der Waals surface area contributed by atoms with Crippen molar-refractivity contribution in [3.63, 3.8) is 0 Å². The van der Waals surface area contributed by atoms with Crippen LogP contribution in [0.3, 0.4) is 0 Å². The number of esters is 1. The normalized spacial score (nSPS) is 19.5. The molecule has 1 atom stereocenters. The number of ether oxygens (including phenoxy) is 1. The van der Waals surface area contributed by atoms with Gasteiger partial charge in [0.25, 0.3) is 0 Å². The molecule has 1 aliphatic carbocycles. The molecule has 3 nitrogen and oxygen atoms in total. The molecule has 0 heterocycles. The average molecular weight is 236 g/mol. The Bertz CT molecular complexity index is 207. The smallest absolute Gasteiger partial charge is 0.323 e. The van der Waals surface area contributed by atoms with E-state index < -0.39 is 11.6 Å². The van der Waals surface area contributed by atoms with Gasteiger partial charge >= 0.3 is 5.97 Å². The van der Waals surface area contributed by atoms with Gasteiger partial charge in [0.2, 0.25) is 0 Å². The van der Waals surface area contributed by atoms with E-state index >= 15 is 0 Å². The summed E-state index contributed by atoms with van der Waals surface area (Å²) >= 11 is 0.